The van der Waals surface area contributed by atoms with Crippen LogP contribution in [0.5, 0.6) is 0 Å². The monoisotopic (exact) mass is 478 g/mol. The average molecular weight is 479 g/mol. The first-order valence-electron chi connectivity index (χ1n) is 11.6. The molecule has 10 heteroatoms. The summed E-state index contributed by atoms with van der Waals surface area (Å²) in [5.74, 6) is 0.253. The molecule has 0 unspecified atom stereocenters. The molecule has 0 amide bonds. The van der Waals surface area contributed by atoms with Crippen LogP contribution >= 0.6 is 0 Å². The van der Waals surface area contributed by atoms with Crippen molar-refractivity contribution in [3.63, 3.8) is 0 Å². The molecule has 4 heterocycles. The maximum atomic E-state index is 14.9. The van der Waals surface area contributed by atoms with Gasteiger partial charge in [0.25, 0.3) is 0 Å². The summed E-state index contributed by atoms with van der Waals surface area (Å²) in [4.78, 5) is 19.5. The van der Waals surface area contributed by atoms with E-state index in [0.29, 0.717) is 28.8 Å². The van der Waals surface area contributed by atoms with Gasteiger partial charge in [-0.1, -0.05) is 6.07 Å². The summed E-state index contributed by atoms with van der Waals surface area (Å²) in [6, 6.07) is 7.43. The van der Waals surface area contributed by atoms with Crippen LogP contribution in [0.4, 0.5) is 20.5 Å². The first-order chi connectivity index (χ1) is 16.8. The van der Waals surface area contributed by atoms with E-state index in [9.17, 15) is 8.78 Å². The van der Waals surface area contributed by atoms with Crippen molar-refractivity contribution >= 4 is 22.8 Å². The predicted molar refractivity (Wildman–Crippen MR) is 131 cm³/mol. The van der Waals surface area contributed by atoms with E-state index in [0.717, 1.165) is 31.4 Å². The number of rotatable bonds is 7. The van der Waals surface area contributed by atoms with E-state index in [1.165, 1.54) is 6.07 Å². The summed E-state index contributed by atoms with van der Waals surface area (Å²) in [7, 11) is 1.98. The highest BCUT2D eigenvalue weighted by molar-refractivity contribution is 5.83. The molecule has 0 spiro atoms. The minimum atomic E-state index is -0.639. The molecule has 1 fully saturated rings. The van der Waals surface area contributed by atoms with Gasteiger partial charge in [-0.15, -0.1) is 0 Å². The maximum absolute atomic E-state index is 14.9. The molecule has 35 heavy (non-hydrogen) atoms. The topological polar surface area (TPSA) is 83.8 Å². The summed E-state index contributed by atoms with van der Waals surface area (Å²) < 4.78 is 31.5. The highest BCUT2D eigenvalue weighted by Crippen LogP contribution is 2.30. The molecule has 4 aromatic rings. The molecule has 0 bridgehead atoms. The third-order valence-electron chi connectivity index (χ3n) is 6.30. The van der Waals surface area contributed by atoms with Gasteiger partial charge >= 0.3 is 0 Å². The zero-order valence-electron chi connectivity index (χ0n) is 20.2. The molecular weight excluding hydrogens is 450 g/mol. The molecule has 0 saturated carbocycles. The van der Waals surface area contributed by atoms with Gasteiger partial charge in [-0.25, -0.2) is 28.7 Å². The van der Waals surface area contributed by atoms with Crippen LogP contribution < -0.4 is 10.6 Å². The second-order valence-electron chi connectivity index (χ2n) is 9.20. The van der Waals surface area contributed by atoms with Crippen LogP contribution in [-0.4, -0.2) is 55.6 Å². The third-order valence-corrected chi connectivity index (χ3v) is 6.30. The number of imidazole rings is 1. The molecule has 5 rings (SSSR count). The Kier molecular flexibility index (Phi) is 6.16. The number of pyridine rings is 1. The number of nitrogens with zero attached hydrogens (tertiary/aromatic N) is 6. The number of aryl methyl sites for hydroxylation is 1. The van der Waals surface area contributed by atoms with E-state index in [1.807, 2.05) is 44.5 Å². The van der Waals surface area contributed by atoms with Crippen LogP contribution in [0.1, 0.15) is 31.3 Å². The van der Waals surface area contributed by atoms with Gasteiger partial charge in [-0.05, 0) is 51.6 Å². The SMILES string of the molecule is CNC1CN(Cc2ccc(Nc3ncc(F)c(-c4cc(F)c5nc(C)n(C(C)C)c5c4)n3)nc2)C1. The zero-order valence-corrected chi connectivity index (χ0v) is 20.2. The first-order valence-corrected chi connectivity index (χ1v) is 11.6. The number of hydrogen-bond acceptors (Lipinski definition) is 7. The Bertz CT molecular complexity index is 1360. The van der Waals surface area contributed by atoms with Gasteiger partial charge in [0.15, 0.2) is 11.6 Å². The average Bonchev–Trinajstić information content (AvgIpc) is 3.15. The summed E-state index contributed by atoms with van der Waals surface area (Å²) in [6.45, 7) is 8.69. The zero-order chi connectivity index (χ0) is 24.7. The lowest BCUT2D eigenvalue weighted by molar-refractivity contribution is 0.124. The number of hydrogen-bond donors (Lipinski definition) is 2. The Hall–Kier alpha value is -3.50. The number of halogens is 2. The van der Waals surface area contributed by atoms with E-state index in [4.69, 9.17) is 0 Å². The largest absolute Gasteiger partial charge is 0.326 e. The number of benzene rings is 1. The lowest BCUT2D eigenvalue weighted by atomic mass is 10.1. The van der Waals surface area contributed by atoms with Crippen molar-refractivity contribution in [3.05, 3.63) is 59.7 Å². The van der Waals surface area contributed by atoms with Gasteiger partial charge in [0.2, 0.25) is 5.95 Å². The molecule has 1 aliphatic heterocycles. The lowest BCUT2D eigenvalue weighted by Gasteiger charge is -2.39. The van der Waals surface area contributed by atoms with Gasteiger partial charge in [0, 0.05) is 43.5 Å². The van der Waals surface area contributed by atoms with Crippen LogP contribution in [0.3, 0.4) is 0 Å². The standard InChI is InChI=1S/C25H28F2N8/c1-14(2)35-15(3)31-24-19(26)7-17(8-21(24)35)23-20(27)10-30-25(33-23)32-22-6-5-16(9-29-22)11-34-12-18(13-34)28-4/h5-10,14,18,28H,11-13H2,1-4H3,(H,29,30,32,33). The highest BCUT2D eigenvalue weighted by atomic mass is 19.1. The molecule has 1 saturated heterocycles. The molecule has 1 aromatic carbocycles. The Balaban J connectivity index is 1.38. The van der Waals surface area contributed by atoms with Crippen molar-refractivity contribution in [1.82, 2.24) is 34.7 Å². The maximum Gasteiger partial charge on any atom is 0.229 e. The van der Waals surface area contributed by atoms with Crippen LogP contribution in [0.15, 0.2) is 36.7 Å². The summed E-state index contributed by atoms with van der Waals surface area (Å²) in [5.41, 5.74) is 2.28. The predicted octanol–water partition coefficient (Wildman–Crippen LogP) is 4.20. The van der Waals surface area contributed by atoms with Gasteiger partial charge in [-0.3, -0.25) is 4.90 Å². The van der Waals surface area contributed by atoms with Crippen molar-refractivity contribution < 1.29 is 8.78 Å². The fourth-order valence-electron chi connectivity index (χ4n) is 4.53. The highest BCUT2D eigenvalue weighted by Gasteiger charge is 2.24. The molecule has 182 valence electrons. The molecule has 3 aromatic heterocycles. The van der Waals surface area contributed by atoms with Crippen molar-refractivity contribution in [2.24, 2.45) is 0 Å². The summed E-state index contributed by atoms with van der Waals surface area (Å²) in [5, 5.41) is 6.28. The van der Waals surface area contributed by atoms with Gasteiger partial charge < -0.3 is 15.2 Å². The second-order valence-corrected chi connectivity index (χ2v) is 9.20. The van der Waals surface area contributed by atoms with Crippen LogP contribution in [0.2, 0.25) is 0 Å². The van der Waals surface area contributed by atoms with E-state index in [2.05, 4.69) is 35.5 Å². The van der Waals surface area contributed by atoms with E-state index >= 15 is 0 Å². The Morgan fingerprint density at radius 2 is 1.86 bits per heavy atom. The van der Waals surface area contributed by atoms with Crippen LogP contribution in [0, 0.1) is 18.6 Å². The van der Waals surface area contributed by atoms with Crippen molar-refractivity contribution in [2.75, 3.05) is 25.5 Å². The third kappa shape index (κ3) is 4.59. The molecule has 1 aliphatic rings. The number of likely N-dealkylation sites (tertiary alicyclic amines) is 1. The molecule has 0 radical (unpaired) electrons. The number of anilines is 2. The number of aromatic nitrogens is 5. The number of nitrogens with one attached hydrogen (secondary N) is 2. The molecular formula is C25H28F2N8. The quantitative estimate of drug-likeness (QED) is 0.412. The van der Waals surface area contributed by atoms with Gasteiger partial charge in [-0.2, -0.15) is 0 Å². The summed E-state index contributed by atoms with van der Waals surface area (Å²) >= 11 is 0. The van der Waals surface area contributed by atoms with Crippen molar-refractivity contribution in [2.45, 2.75) is 39.4 Å². The molecule has 0 aliphatic carbocycles. The second kappa shape index (κ2) is 9.27. The Labute approximate surface area is 202 Å². The normalized spacial score (nSPS) is 14.6. The fourth-order valence-corrected chi connectivity index (χ4v) is 4.53. The molecule has 0 atom stereocenters. The Morgan fingerprint density at radius 3 is 2.54 bits per heavy atom. The van der Waals surface area contributed by atoms with E-state index < -0.39 is 11.6 Å². The van der Waals surface area contributed by atoms with Crippen LogP contribution in [0.25, 0.3) is 22.3 Å². The van der Waals surface area contributed by atoms with Crippen molar-refractivity contribution in [1.29, 1.82) is 0 Å². The van der Waals surface area contributed by atoms with E-state index in [1.54, 1.807) is 12.3 Å². The van der Waals surface area contributed by atoms with Crippen molar-refractivity contribution in [3.8, 4) is 11.3 Å². The molecule has 8 nitrogen and oxygen atoms in total. The van der Waals surface area contributed by atoms with Crippen LogP contribution in [-0.2, 0) is 6.54 Å². The summed E-state index contributed by atoms with van der Waals surface area (Å²) in [6.07, 6.45) is 2.88. The number of likely N-dealkylation sites (N-methyl/N-ethyl adjacent to an activating group) is 1. The Morgan fingerprint density at radius 1 is 1.06 bits per heavy atom. The minimum Gasteiger partial charge on any atom is -0.326 e. The fraction of sp³-hybridized carbons (Fsp3) is 0.360. The smallest absolute Gasteiger partial charge is 0.229 e. The first kappa shape index (κ1) is 23.3. The number of fused-ring (bicyclic) bond motifs is 1. The van der Waals surface area contributed by atoms with E-state index in [-0.39, 0.29) is 23.2 Å². The van der Waals surface area contributed by atoms with Gasteiger partial charge in [0.05, 0.1) is 11.7 Å². The molecule has 2 N–H and O–H groups in total. The lowest BCUT2D eigenvalue weighted by Crippen LogP contribution is -2.56. The van der Waals surface area contributed by atoms with Gasteiger partial charge in [0.1, 0.15) is 22.9 Å². The minimum absolute atomic E-state index is 0.00551.